The van der Waals surface area contributed by atoms with E-state index in [9.17, 15) is 9.59 Å². The van der Waals surface area contributed by atoms with Crippen LogP contribution in [0.25, 0.3) is 0 Å². The number of aromatic nitrogens is 1. The molecule has 0 radical (unpaired) electrons. The van der Waals surface area contributed by atoms with E-state index >= 15 is 0 Å². The number of nitrogens with one attached hydrogen (secondary N) is 1. The molecule has 116 valence electrons. The van der Waals surface area contributed by atoms with Gasteiger partial charge >= 0.3 is 5.97 Å². The van der Waals surface area contributed by atoms with Crippen molar-refractivity contribution in [3.8, 4) is 10.8 Å². The molecule has 8 heteroatoms. The zero-order chi connectivity index (χ0) is 16.1. The van der Waals surface area contributed by atoms with Crippen LogP contribution < -0.4 is 10.1 Å². The summed E-state index contributed by atoms with van der Waals surface area (Å²) < 4.78 is 10.3. The summed E-state index contributed by atoms with van der Waals surface area (Å²) in [4.78, 5) is 26.4. The number of carbonyl (C=O) groups excluding carboxylic acids is 2. The molecule has 1 aromatic carbocycles. The van der Waals surface area contributed by atoms with Gasteiger partial charge in [-0.3, -0.25) is 14.9 Å². The van der Waals surface area contributed by atoms with Crippen LogP contribution >= 0.6 is 22.9 Å². The molecule has 0 bridgehead atoms. The van der Waals surface area contributed by atoms with E-state index in [1.54, 1.807) is 31.2 Å². The van der Waals surface area contributed by atoms with Crippen molar-refractivity contribution in [1.82, 2.24) is 4.98 Å². The summed E-state index contributed by atoms with van der Waals surface area (Å²) >= 11 is 7.07. The fourth-order valence-corrected chi connectivity index (χ4v) is 2.53. The predicted octanol–water partition coefficient (Wildman–Crippen LogP) is 3.40. The van der Waals surface area contributed by atoms with Gasteiger partial charge in [0.05, 0.1) is 5.69 Å². The third kappa shape index (κ3) is 4.71. The van der Waals surface area contributed by atoms with Crippen molar-refractivity contribution in [3.05, 3.63) is 35.0 Å². The minimum absolute atomic E-state index is 0.349. The molecule has 1 amide bonds. The maximum Gasteiger partial charge on any atom is 0.303 e. The summed E-state index contributed by atoms with van der Waals surface area (Å²) in [6, 6.07) is 6.97. The number of halogens is 1. The molecule has 0 unspecified atom stereocenters. The fourth-order valence-electron chi connectivity index (χ4n) is 1.49. The zero-order valence-electron chi connectivity index (χ0n) is 11.9. The van der Waals surface area contributed by atoms with E-state index in [2.05, 4.69) is 15.0 Å². The highest BCUT2D eigenvalue weighted by Crippen LogP contribution is 2.34. The van der Waals surface area contributed by atoms with Crippen molar-refractivity contribution in [2.75, 3.05) is 11.9 Å². The highest BCUT2D eigenvalue weighted by molar-refractivity contribution is 7.17. The Labute approximate surface area is 136 Å². The van der Waals surface area contributed by atoms with E-state index in [-0.39, 0.29) is 6.61 Å². The molecule has 0 saturated carbocycles. The fraction of sp³-hybridized carbons (Fsp3) is 0.214. The number of ether oxygens (including phenoxy) is 2. The van der Waals surface area contributed by atoms with Gasteiger partial charge in [-0.05, 0) is 25.1 Å². The lowest BCUT2D eigenvalue weighted by Gasteiger charge is -2.03. The van der Waals surface area contributed by atoms with Crippen LogP contribution in [0.4, 0.5) is 5.13 Å². The quantitative estimate of drug-likeness (QED) is 0.844. The van der Waals surface area contributed by atoms with Crippen molar-refractivity contribution in [2.45, 2.75) is 13.8 Å². The first-order valence-electron chi connectivity index (χ1n) is 6.28. The van der Waals surface area contributed by atoms with E-state index < -0.39 is 11.9 Å². The molecule has 0 spiro atoms. The second kappa shape index (κ2) is 7.24. The standard InChI is InChI=1S/C14H13ClN2O4S/c1-8-13(21-11-5-3-4-10(15)6-11)22-14(16-8)17-12(19)7-20-9(2)18/h3-6H,7H2,1-2H3,(H,16,17,19). The highest BCUT2D eigenvalue weighted by Gasteiger charge is 2.13. The number of anilines is 1. The van der Waals surface area contributed by atoms with Crippen LogP contribution in [-0.4, -0.2) is 23.5 Å². The molecule has 0 aliphatic heterocycles. The van der Waals surface area contributed by atoms with Crippen LogP contribution in [0.1, 0.15) is 12.6 Å². The number of nitrogens with zero attached hydrogens (tertiary/aromatic N) is 1. The maximum absolute atomic E-state index is 11.6. The van der Waals surface area contributed by atoms with Crippen LogP contribution in [0.5, 0.6) is 10.8 Å². The van der Waals surface area contributed by atoms with Gasteiger partial charge in [-0.25, -0.2) is 4.98 Å². The first-order valence-corrected chi connectivity index (χ1v) is 7.47. The van der Waals surface area contributed by atoms with Crippen LogP contribution in [0.2, 0.25) is 5.02 Å². The Morgan fingerprint density at radius 3 is 2.86 bits per heavy atom. The molecular weight excluding hydrogens is 328 g/mol. The summed E-state index contributed by atoms with van der Waals surface area (Å²) in [6.07, 6.45) is 0. The molecule has 0 aliphatic carbocycles. The van der Waals surface area contributed by atoms with E-state index in [4.69, 9.17) is 16.3 Å². The second-order valence-electron chi connectivity index (χ2n) is 4.28. The number of aryl methyl sites for hydroxylation is 1. The van der Waals surface area contributed by atoms with Crippen LogP contribution in [-0.2, 0) is 14.3 Å². The molecule has 2 rings (SSSR count). The van der Waals surface area contributed by atoms with E-state index in [0.29, 0.717) is 26.7 Å². The van der Waals surface area contributed by atoms with Crippen molar-refractivity contribution in [3.63, 3.8) is 0 Å². The minimum Gasteiger partial charge on any atom is -0.456 e. The average Bonchev–Trinajstić information content (AvgIpc) is 2.76. The van der Waals surface area contributed by atoms with Crippen LogP contribution in [0.3, 0.4) is 0 Å². The first kappa shape index (κ1) is 16.3. The lowest BCUT2D eigenvalue weighted by molar-refractivity contribution is -0.144. The number of benzene rings is 1. The Kier molecular flexibility index (Phi) is 5.35. The number of carbonyl (C=O) groups is 2. The highest BCUT2D eigenvalue weighted by atomic mass is 35.5. The molecule has 1 heterocycles. The zero-order valence-corrected chi connectivity index (χ0v) is 13.5. The third-order valence-corrected chi connectivity index (χ3v) is 3.60. The number of thiazole rings is 1. The summed E-state index contributed by atoms with van der Waals surface area (Å²) in [5.41, 5.74) is 0.632. The Morgan fingerprint density at radius 1 is 1.41 bits per heavy atom. The largest absolute Gasteiger partial charge is 0.456 e. The Hall–Kier alpha value is -2.12. The normalized spacial score (nSPS) is 10.1. The van der Waals surface area contributed by atoms with Gasteiger partial charge in [0.15, 0.2) is 11.7 Å². The summed E-state index contributed by atoms with van der Waals surface area (Å²) in [6.45, 7) is 2.65. The molecule has 0 saturated heterocycles. The summed E-state index contributed by atoms with van der Waals surface area (Å²) in [7, 11) is 0. The number of amides is 1. The van der Waals surface area contributed by atoms with Gasteiger partial charge in [-0.15, -0.1) is 0 Å². The van der Waals surface area contributed by atoms with Crippen molar-refractivity contribution < 1.29 is 19.1 Å². The summed E-state index contributed by atoms with van der Waals surface area (Å²) in [5, 5.41) is 4.02. The van der Waals surface area contributed by atoms with Crippen molar-refractivity contribution in [2.24, 2.45) is 0 Å². The topological polar surface area (TPSA) is 77.5 Å². The summed E-state index contributed by atoms with van der Waals surface area (Å²) in [5.74, 6) is -0.397. The third-order valence-electron chi connectivity index (χ3n) is 2.41. The van der Waals surface area contributed by atoms with Gasteiger partial charge in [0.1, 0.15) is 5.75 Å². The van der Waals surface area contributed by atoms with Gasteiger partial charge in [0.2, 0.25) is 5.06 Å². The SMILES string of the molecule is CC(=O)OCC(=O)Nc1nc(C)c(Oc2cccc(Cl)c2)s1. The molecule has 0 fully saturated rings. The molecular formula is C14H13ClN2O4S. The number of rotatable bonds is 5. The molecule has 1 aromatic heterocycles. The van der Waals surface area contributed by atoms with Crippen LogP contribution in [0.15, 0.2) is 24.3 Å². The predicted molar refractivity (Wildman–Crippen MR) is 83.6 cm³/mol. The first-order chi connectivity index (χ1) is 10.4. The van der Waals surface area contributed by atoms with Crippen molar-refractivity contribution in [1.29, 1.82) is 0 Å². The maximum atomic E-state index is 11.6. The molecule has 22 heavy (non-hydrogen) atoms. The molecule has 2 aromatic rings. The lowest BCUT2D eigenvalue weighted by atomic mass is 10.3. The van der Waals surface area contributed by atoms with Gasteiger partial charge in [-0.1, -0.05) is 29.0 Å². The van der Waals surface area contributed by atoms with E-state index in [1.165, 1.54) is 18.3 Å². The Balaban J connectivity index is 2.02. The van der Waals surface area contributed by atoms with Gasteiger partial charge in [0.25, 0.3) is 5.91 Å². The van der Waals surface area contributed by atoms with Gasteiger partial charge in [-0.2, -0.15) is 0 Å². The number of hydrogen-bond donors (Lipinski definition) is 1. The molecule has 0 aliphatic rings. The average molecular weight is 341 g/mol. The monoisotopic (exact) mass is 340 g/mol. The van der Waals surface area contributed by atoms with Crippen molar-refractivity contribution >= 4 is 39.9 Å². The molecule has 1 N–H and O–H groups in total. The number of hydrogen-bond acceptors (Lipinski definition) is 6. The molecule has 0 atom stereocenters. The minimum atomic E-state index is -0.518. The van der Waals surface area contributed by atoms with Gasteiger partial charge < -0.3 is 9.47 Å². The number of esters is 1. The van der Waals surface area contributed by atoms with E-state index in [1.807, 2.05) is 0 Å². The smallest absolute Gasteiger partial charge is 0.303 e. The molecule has 6 nitrogen and oxygen atoms in total. The van der Waals surface area contributed by atoms with E-state index in [0.717, 1.165) is 0 Å². The Bertz CT molecular complexity index is 702. The second-order valence-corrected chi connectivity index (χ2v) is 5.68. The lowest BCUT2D eigenvalue weighted by Crippen LogP contribution is -2.19. The van der Waals surface area contributed by atoms with Gasteiger partial charge in [0, 0.05) is 11.9 Å². The Morgan fingerprint density at radius 2 is 2.18 bits per heavy atom. The van der Waals surface area contributed by atoms with Crippen LogP contribution in [0, 0.1) is 6.92 Å².